The van der Waals surface area contributed by atoms with E-state index in [1.54, 1.807) is 11.3 Å². The zero-order valence-corrected chi connectivity index (χ0v) is 11.7. The Morgan fingerprint density at radius 1 is 1.38 bits per heavy atom. The van der Waals surface area contributed by atoms with Crippen molar-refractivity contribution in [2.45, 2.75) is 20.4 Å². The lowest BCUT2D eigenvalue weighted by molar-refractivity contribution is 1.08. The van der Waals surface area contributed by atoms with Crippen molar-refractivity contribution in [1.82, 2.24) is 4.98 Å². The number of anilines is 1. The van der Waals surface area contributed by atoms with Crippen LogP contribution < -0.4 is 5.32 Å². The molecule has 0 saturated carbocycles. The van der Waals surface area contributed by atoms with E-state index in [-0.39, 0.29) is 0 Å². The number of thiophene rings is 1. The van der Waals surface area contributed by atoms with Gasteiger partial charge in [0.1, 0.15) is 0 Å². The third-order valence-electron chi connectivity index (χ3n) is 2.33. The molecule has 2 nitrogen and oxygen atoms in total. The van der Waals surface area contributed by atoms with Crippen molar-refractivity contribution in [3.8, 4) is 0 Å². The van der Waals surface area contributed by atoms with Crippen LogP contribution in [0.4, 0.5) is 5.69 Å². The second-order valence-corrected chi connectivity index (χ2v) is 5.99. The van der Waals surface area contributed by atoms with Crippen LogP contribution >= 0.6 is 27.3 Å². The Morgan fingerprint density at radius 2 is 2.19 bits per heavy atom. The predicted molar refractivity (Wildman–Crippen MR) is 73.1 cm³/mol. The predicted octanol–water partition coefficient (Wildman–Crippen LogP) is 4.13. The van der Waals surface area contributed by atoms with Crippen LogP contribution in [0.3, 0.4) is 0 Å². The van der Waals surface area contributed by atoms with Gasteiger partial charge in [-0.15, -0.1) is 11.3 Å². The van der Waals surface area contributed by atoms with Gasteiger partial charge in [-0.3, -0.25) is 4.98 Å². The number of pyridine rings is 1. The summed E-state index contributed by atoms with van der Waals surface area (Å²) in [6.07, 6.45) is 0. The summed E-state index contributed by atoms with van der Waals surface area (Å²) in [4.78, 5) is 4.42. The van der Waals surface area contributed by atoms with E-state index in [1.807, 2.05) is 19.9 Å². The fraction of sp³-hybridized carbons (Fsp3) is 0.250. The SMILES string of the molecule is Cc1ccc(NCc2csc(Br)c2)c(C)n1. The molecule has 2 aromatic heterocycles. The summed E-state index contributed by atoms with van der Waals surface area (Å²) in [6.45, 7) is 4.87. The minimum Gasteiger partial charge on any atom is -0.379 e. The topological polar surface area (TPSA) is 24.9 Å². The molecule has 0 bridgehead atoms. The lowest BCUT2D eigenvalue weighted by atomic mass is 10.2. The van der Waals surface area contributed by atoms with Gasteiger partial charge in [-0.1, -0.05) is 0 Å². The van der Waals surface area contributed by atoms with E-state index in [0.29, 0.717) is 0 Å². The normalized spacial score (nSPS) is 10.4. The van der Waals surface area contributed by atoms with Crippen molar-refractivity contribution >= 4 is 33.0 Å². The average molecular weight is 297 g/mol. The molecule has 0 fully saturated rings. The summed E-state index contributed by atoms with van der Waals surface area (Å²) in [5.41, 5.74) is 4.50. The number of rotatable bonds is 3. The minimum atomic E-state index is 0.841. The Balaban J connectivity index is 2.04. The lowest BCUT2D eigenvalue weighted by Crippen LogP contribution is -2.01. The fourth-order valence-electron chi connectivity index (χ4n) is 1.51. The molecule has 16 heavy (non-hydrogen) atoms. The molecule has 0 atom stereocenters. The zero-order chi connectivity index (χ0) is 11.5. The molecule has 0 saturated heterocycles. The molecule has 0 aliphatic carbocycles. The quantitative estimate of drug-likeness (QED) is 0.921. The minimum absolute atomic E-state index is 0.841. The van der Waals surface area contributed by atoms with E-state index in [0.717, 1.165) is 23.6 Å². The van der Waals surface area contributed by atoms with Gasteiger partial charge in [0.25, 0.3) is 0 Å². The van der Waals surface area contributed by atoms with Crippen LogP contribution in [0.1, 0.15) is 17.0 Å². The van der Waals surface area contributed by atoms with Crippen LogP contribution in [0.25, 0.3) is 0 Å². The summed E-state index contributed by atoms with van der Waals surface area (Å²) in [6, 6.07) is 6.24. The Hall–Kier alpha value is -0.870. The van der Waals surface area contributed by atoms with Crippen molar-refractivity contribution < 1.29 is 0 Å². The highest BCUT2D eigenvalue weighted by Crippen LogP contribution is 2.22. The van der Waals surface area contributed by atoms with Crippen LogP contribution in [0, 0.1) is 13.8 Å². The standard InChI is InChI=1S/C12H13BrN2S/c1-8-3-4-11(9(2)15-8)14-6-10-5-12(13)16-7-10/h3-5,7,14H,6H2,1-2H3. The Morgan fingerprint density at radius 3 is 2.81 bits per heavy atom. The Labute approximate surface area is 108 Å². The van der Waals surface area contributed by atoms with Crippen molar-refractivity contribution in [2.75, 3.05) is 5.32 Å². The molecular formula is C12H13BrN2S. The van der Waals surface area contributed by atoms with Crippen LogP contribution in [0.2, 0.25) is 0 Å². The Kier molecular flexibility index (Phi) is 3.61. The fourth-order valence-corrected chi connectivity index (χ4v) is 2.72. The zero-order valence-electron chi connectivity index (χ0n) is 9.25. The summed E-state index contributed by atoms with van der Waals surface area (Å²) >= 11 is 5.17. The van der Waals surface area contributed by atoms with Gasteiger partial charge in [0.15, 0.2) is 0 Å². The third kappa shape index (κ3) is 2.83. The molecule has 84 valence electrons. The molecule has 4 heteroatoms. The third-order valence-corrected chi connectivity index (χ3v) is 3.88. The van der Waals surface area contributed by atoms with E-state index in [1.165, 1.54) is 9.35 Å². The summed E-state index contributed by atoms with van der Waals surface area (Å²) in [7, 11) is 0. The largest absolute Gasteiger partial charge is 0.379 e. The second kappa shape index (κ2) is 4.97. The molecule has 0 aliphatic heterocycles. The maximum absolute atomic E-state index is 4.42. The number of nitrogens with one attached hydrogen (secondary N) is 1. The van der Waals surface area contributed by atoms with Gasteiger partial charge >= 0.3 is 0 Å². The smallest absolute Gasteiger partial charge is 0.0701 e. The molecule has 0 unspecified atom stereocenters. The first-order valence-electron chi connectivity index (χ1n) is 5.06. The molecule has 1 N–H and O–H groups in total. The molecule has 0 radical (unpaired) electrons. The first-order chi connectivity index (χ1) is 7.65. The molecule has 0 amide bonds. The number of nitrogens with zero attached hydrogens (tertiary/aromatic N) is 1. The van der Waals surface area contributed by atoms with Crippen LogP contribution in [-0.2, 0) is 6.54 Å². The van der Waals surface area contributed by atoms with Gasteiger partial charge in [-0.2, -0.15) is 0 Å². The number of halogens is 1. The highest BCUT2D eigenvalue weighted by molar-refractivity contribution is 9.11. The number of hydrogen-bond donors (Lipinski definition) is 1. The molecule has 0 spiro atoms. The van der Waals surface area contributed by atoms with Crippen molar-refractivity contribution in [3.63, 3.8) is 0 Å². The van der Waals surface area contributed by atoms with Gasteiger partial charge in [-0.25, -0.2) is 0 Å². The number of hydrogen-bond acceptors (Lipinski definition) is 3. The molecule has 0 aliphatic rings. The van der Waals surface area contributed by atoms with Crippen LogP contribution in [-0.4, -0.2) is 4.98 Å². The summed E-state index contributed by atoms with van der Waals surface area (Å²) in [5.74, 6) is 0. The summed E-state index contributed by atoms with van der Waals surface area (Å²) in [5, 5.41) is 5.54. The van der Waals surface area contributed by atoms with Gasteiger partial charge < -0.3 is 5.32 Å². The molecule has 2 rings (SSSR count). The van der Waals surface area contributed by atoms with Gasteiger partial charge in [0, 0.05) is 12.2 Å². The number of aromatic nitrogens is 1. The van der Waals surface area contributed by atoms with Crippen molar-refractivity contribution in [1.29, 1.82) is 0 Å². The van der Waals surface area contributed by atoms with Crippen molar-refractivity contribution in [2.24, 2.45) is 0 Å². The van der Waals surface area contributed by atoms with E-state index < -0.39 is 0 Å². The van der Waals surface area contributed by atoms with E-state index >= 15 is 0 Å². The monoisotopic (exact) mass is 296 g/mol. The summed E-state index contributed by atoms with van der Waals surface area (Å²) < 4.78 is 1.17. The maximum atomic E-state index is 4.42. The van der Waals surface area contributed by atoms with Crippen LogP contribution in [0.15, 0.2) is 27.4 Å². The molecule has 0 aromatic carbocycles. The Bertz CT molecular complexity index is 494. The van der Waals surface area contributed by atoms with E-state index in [2.05, 4.69) is 43.7 Å². The second-order valence-electron chi connectivity index (χ2n) is 3.70. The number of aryl methyl sites for hydroxylation is 2. The lowest BCUT2D eigenvalue weighted by Gasteiger charge is -2.08. The average Bonchev–Trinajstić information content (AvgIpc) is 2.63. The van der Waals surface area contributed by atoms with Gasteiger partial charge in [0.2, 0.25) is 0 Å². The van der Waals surface area contributed by atoms with E-state index in [4.69, 9.17) is 0 Å². The first kappa shape index (κ1) is 11.6. The maximum Gasteiger partial charge on any atom is 0.0701 e. The highest BCUT2D eigenvalue weighted by atomic mass is 79.9. The van der Waals surface area contributed by atoms with Gasteiger partial charge in [0.05, 0.1) is 15.2 Å². The first-order valence-corrected chi connectivity index (χ1v) is 6.73. The van der Waals surface area contributed by atoms with Crippen molar-refractivity contribution in [3.05, 3.63) is 44.3 Å². The molecular weight excluding hydrogens is 284 g/mol. The van der Waals surface area contributed by atoms with Gasteiger partial charge in [-0.05, 0) is 58.9 Å². The van der Waals surface area contributed by atoms with Crippen LogP contribution in [0.5, 0.6) is 0 Å². The molecule has 2 aromatic rings. The highest BCUT2D eigenvalue weighted by Gasteiger charge is 2.01. The molecule has 2 heterocycles. The van der Waals surface area contributed by atoms with E-state index in [9.17, 15) is 0 Å².